The van der Waals surface area contributed by atoms with Gasteiger partial charge in [-0.2, -0.15) is 0 Å². The molecule has 1 aromatic carbocycles. The van der Waals surface area contributed by atoms with E-state index in [4.69, 9.17) is 0 Å². The molecule has 0 atom stereocenters. The van der Waals surface area contributed by atoms with Crippen molar-refractivity contribution in [3.05, 3.63) is 33.8 Å². The monoisotopic (exact) mass is 312 g/mol. The van der Waals surface area contributed by atoms with Crippen molar-refractivity contribution in [2.75, 3.05) is 26.2 Å². The Hall–Kier alpha value is -0.870. The highest BCUT2D eigenvalue weighted by atomic mass is 79.9. The lowest BCUT2D eigenvalue weighted by Gasteiger charge is -2.18. The Morgan fingerprint density at radius 3 is 2.61 bits per heavy atom. The Morgan fingerprint density at radius 1 is 1.33 bits per heavy atom. The van der Waals surface area contributed by atoms with Crippen molar-refractivity contribution in [1.29, 1.82) is 0 Å². The van der Waals surface area contributed by atoms with Crippen LogP contribution in [0.2, 0.25) is 0 Å². The summed E-state index contributed by atoms with van der Waals surface area (Å²) in [6, 6.07) is 5.72. The first-order chi connectivity index (χ1) is 8.60. The summed E-state index contributed by atoms with van der Waals surface area (Å²) in [5, 5.41) is 2.96. The second-order valence-electron chi connectivity index (χ2n) is 4.22. The minimum Gasteiger partial charge on any atom is -0.351 e. The Kier molecular flexibility index (Phi) is 6.36. The summed E-state index contributed by atoms with van der Waals surface area (Å²) in [5.74, 6) is -0.0160. The second-order valence-corrected chi connectivity index (χ2v) is 5.01. The average Bonchev–Trinajstić information content (AvgIpc) is 2.37. The van der Waals surface area contributed by atoms with Gasteiger partial charge in [0.2, 0.25) is 0 Å². The molecule has 4 heteroatoms. The molecule has 1 rings (SSSR count). The van der Waals surface area contributed by atoms with E-state index in [0.29, 0.717) is 12.1 Å². The van der Waals surface area contributed by atoms with Crippen LogP contribution in [0.4, 0.5) is 0 Å². The molecule has 1 amide bonds. The molecule has 0 saturated carbocycles. The fourth-order valence-electron chi connectivity index (χ4n) is 1.79. The molecular weight excluding hydrogens is 292 g/mol. The number of nitrogens with one attached hydrogen (secondary N) is 1. The molecule has 0 aliphatic heterocycles. The minimum absolute atomic E-state index is 0.0160. The van der Waals surface area contributed by atoms with Crippen molar-refractivity contribution < 1.29 is 4.79 Å². The van der Waals surface area contributed by atoms with Crippen LogP contribution in [-0.4, -0.2) is 37.0 Å². The predicted octanol–water partition coefficient (Wildman–Crippen LogP) is 2.83. The number of aryl methyl sites for hydroxylation is 1. The van der Waals surface area contributed by atoms with Gasteiger partial charge in [-0.1, -0.05) is 26.0 Å². The molecule has 0 saturated heterocycles. The predicted molar refractivity (Wildman–Crippen MR) is 79.0 cm³/mol. The van der Waals surface area contributed by atoms with Crippen molar-refractivity contribution in [2.45, 2.75) is 20.8 Å². The van der Waals surface area contributed by atoms with Gasteiger partial charge in [0.05, 0.1) is 5.56 Å². The Bertz CT molecular complexity index is 403. The van der Waals surface area contributed by atoms with Gasteiger partial charge in [0.25, 0.3) is 5.91 Å². The molecule has 0 unspecified atom stereocenters. The zero-order chi connectivity index (χ0) is 13.5. The number of amides is 1. The van der Waals surface area contributed by atoms with E-state index in [-0.39, 0.29) is 5.91 Å². The number of benzene rings is 1. The first-order valence-electron chi connectivity index (χ1n) is 6.35. The average molecular weight is 313 g/mol. The van der Waals surface area contributed by atoms with Crippen molar-refractivity contribution in [3.8, 4) is 0 Å². The third-order valence-electron chi connectivity index (χ3n) is 3.04. The van der Waals surface area contributed by atoms with E-state index >= 15 is 0 Å². The molecule has 0 aliphatic carbocycles. The lowest BCUT2D eigenvalue weighted by atomic mass is 10.1. The molecule has 0 aliphatic rings. The molecule has 0 aromatic heterocycles. The SMILES string of the molecule is CCN(CC)CCNC(=O)c1cccc(C)c1Br. The number of hydrogen-bond acceptors (Lipinski definition) is 2. The fraction of sp³-hybridized carbons (Fsp3) is 0.500. The summed E-state index contributed by atoms with van der Waals surface area (Å²) >= 11 is 3.46. The molecule has 0 bridgehead atoms. The highest BCUT2D eigenvalue weighted by Crippen LogP contribution is 2.20. The molecule has 0 radical (unpaired) electrons. The van der Waals surface area contributed by atoms with Crippen LogP contribution < -0.4 is 5.32 Å². The number of hydrogen-bond donors (Lipinski definition) is 1. The highest BCUT2D eigenvalue weighted by Gasteiger charge is 2.10. The third-order valence-corrected chi connectivity index (χ3v) is 4.10. The molecule has 100 valence electrons. The van der Waals surface area contributed by atoms with Gasteiger partial charge in [-0.3, -0.25) is 4.79 Å². The molecule has 1 aromatic rings. The van der Waals surface area contributed by atoms with Gasteiger partial charge in [-0.15, -0.1) is 0 Å². The van der Waals surface area contributed by atoms with Crippen molar-refractivity contribution in [2.24, 2.45) is 0 Å². The normalized spacial score (nSPS) is 10.7. The van der Waals surface area contributed by atoms with E-state index < -0.39 is 0 Å². The standard InChI is InChI=1S/C14H21BrN2O/c1-4-17(5-2)10-9-16-14(18)12-8-6-7-11(3)13(12)15/h6-8H,4-5,9-10H2,1-3H3,(H,16,18). The first kappa shape index (κ1) is 15.2. The number of rotatable bonds is 6. The quantitative estimate of drug-likeness (QED) is 0.876. The summed E-state index contributed by atoms with van der Waals surface area (Å²) in [5.41, 5.74) is 1.78. The molecule has 0 fully saturated rings. The lowest BCUT2D eigenvalue weighted by Crippen LogP contribution is -2.34. The van der Waals surface area contributed by atoms with Crippen LogP contribution in [0, 0.1) is 6.92 Å². The van der Waals surface area contributed by atoms with Crippen LogP contribution in [0.1, 0.15) is 29.8 Å². The summed E-state index contributed by atoms with van der Waals surface area (Å²) in [4.78, 5) is 14.3. The van der Waals surface area contributed by atoms with Gasteiger partial charge >= 0.3 is 0 Å². The Labute approximate surface area is 118 Å². The number of nitrogens with zero attached hydrogens (tertiary/aromatic N) is 1. The van der Waals surface area contributed by atoms with E-state index in [1.807, 2.05) is 25.1 Å². The lowest BCUT2D eigenvalue weighted by molar-refractivity contribution is 0.0948. The van der Waals surface area contributed by atoms with E-state index in [2.05, 4.69) is 40.0 Å². The molecular formula is C14H21BrN2O. The summed E-state index contributed by atoms with van der Waals surface area (Å²) in [6.07, 6.45) is 0. The van der Waals surface area contributed by atoms with E-state index in [1.165, 1.54) is 0 Å². The zero-order valence-electron chi connectivity index (χ0n) is 11.3. The van der Waals surface area contributed by atoms with Crippen LogP contribution in [0.3, 0.4) is 0 Å². The van der Waals surface area contributed by atoms with Gasteiger partial charge in [-0.05, 0) is 47.6 Å². The Balaban J connectivity index is 2.53. The molecule has 3 nitrogen and oxygen atoms in total. The smallest absolute Gasteiger partial charge is 0.252 e. The van der Waals surface area contributed by atoms with Crippen LogP contribution in [0.25, 0.3) is 0 Å². The fourth-order valence-corrected chi connectivity index (χ4v) is 2.23. The maximum absolute atomic E-state index is 12.0. The van der Waals surface area contributed by atoms with Crippen LogP contribution in [0.15, 0.2) is 22.7 Å². The summed E-state index contributed by atoms with van der Waals surface area (Å²) in [6.45, 7) is 9.84. The third kappa shape index (κ3) is 4.10. The van der Waals surface area contributed by atoms with E-state index in [1.54, 1.807) is 0 Å². The highest BCUT2D eigenvalue weighted by molar-refractivity contribution is 9.10. The van der Waals surface area contributed by atoms with Gasteiger partial charge in [0, 0.05) is 17.6 Å². The molecule has 18 heavy (non-hydrogen) atoms. The van der Waals surface area contributed by atoms with Gasteiger partial charge in [-0.25, -0.2) is 0 Å². The molecule has 0 heterocycles. The van der Waals surface area contributed by atoms with E-state index in [0.717, 1.165) is 29.7 Å². The minimum atomic E-state index is -0.0160. The van der Waals surface area contributed by atoms with Gasteiger partial charge in [0.15, 0.2) is 0 Å². The molecule has 0 spiro atoms. The number of likely N-dealkylation sites (N-methyl/N-ethyl adjacent to an activating group) is 1. The number of carbonyl (C=O) groups is 1. The zero-order valence-corrected chi connectivity index (χ0v) is 12.9. The van der Waals surface area contributed by atoms with Crippen molar-refractivity contribution >= 4 is 21.8 Å². The van der Waals surface area contributed by atoms with Crippen LogP contribution in [-0.2, 0) is 0 Å². The van der Waals surface area contributed by atoms with Crippen LogP contribution >= 0.6 is 15.9 Å². The maximum Gasteiger partial charge on any atom is 0.252 e. The van der Waals surface area contributed by atoms with E-state index in [9.17, 15) is 4.79 Å². The van der Waals surface area contributed by atoms with Crippen molar-refractivity contribution in [1.82, 2.24) is 10.2 Å². The largest absolute Gasteiger partial charge is 0.351 e. The molecule has 1 N–H and O–H groups in total. The van der Waals surface area contributed by atoms with Gasteiger partial charge < -0.3 is 10.2 Å². The summed E-state index contributed by atoms with van der Waals surface area (Å²) in [7, 11) is 0. The first-order valence-corrected chi connectivity index (χ1v) is 7.15. The van der Waals surface area contributed by atoms with Crippen molar-refractivity contribution in [3.63, 3.8) is 0 Å². The topological polar surface area (TPSA) is 32.3 Å². The number of carbonyl (C=O) groups excluding carboxylic acids is 1. The summed E-state index contributed by atoms with van der Waals surface area (Å²) < 4.78 is 0.880. The second kappa shape index (κ2) is 7.54. The van der Waals surface area contributed by atoms with Crippen LogP contribution in [0.5, 0.6) is 0 Å². The Morgan fingerprint density at radius 2 is 2.00 bits per heavy atom. The van der Waals surface area contributed by atoms with Gasteiger partial charge in [0.1, 0.15) is 0 Å². The number of halogens is 1. The maximum atomic E-state index is 12.0.